The van der Waals surface area contributed by atoms with Crippen molar-refractivity contribution >= 4 is 17.4 Å². The maximum Gasteiger partial charge on any atom is 0.416 e. The zero-order valence-corrected chi connectivity index (χ0v) is 13.4. The van der Waals surface area contributed by atoms with Crippen LogP contribution in [0.5, 0.6) is 0 Å². The standard InChI is InChI=1S/C19H16F3NO2/c1-11(24)12-4-3-7-15(9-12)23-18(25)17-10-16(17)13-5-2-6-14(8-13)19(20,21)22/h2-9,16-17H,10H2,1H3,(H,23,25)/t16-,17-/m0/s1. The topological polar surface area (TPSA) is 46.2 Å². The minimum Gasteiger partial charge on any atom is -0.326 e. The number of benzene rings is 2. The van der Waals surface area contributed by atoms with Gasteiger partial charge in [0.1, 0.15) is 0 Å². The Bertz CT molecular complexity index is 829. The van der Waals surface area contributed by atoms with Crippen LogP contribution in [0.15, 0.2) is 48.5 Å². The Morgan fingerprint density at radius 3 is 2.48 bits per heavy atom. The van der Waals surface area contributed by atoms with E-state index in [0.29, 0.717) is 23.2 Å². The van der Waals surface area contributed by atoms with Crippen molar-refractivity contribution in [1.82, 2.24) is 0 Å². The maximum absolute atomic E-state index is 12.8. The molecule has 25 heavy (non-hydrogen) atoms. The summed E-state index contributed by atoms with van der Waals surface area (Å²) in [5, 5.41) is 2.73. The highest BCUT2D eigenvalue weighted by molar-refractivity contribution is 5.98. The SMILES string of the molecule is CC(=O)c1cccc(NC(=O)[C@H]2C[C@H]2c2cccc(C(F)(F)F)c2)c1. The number of rotatable bonds is 4. The number of halogens is 3. The Labute approximate surface area is 142 Å². The third kappa shape index (κ3) is 3.90. The third-order valence-corrected chi connectivity index (χ3v) is 4.31. The van der Waals surface area contributed by atoms with E-state index >= 15 is 0 Å². The molecule has 0 aliphatic heterocycles. The first-order valence-electron chi connectivity index (χ1n) is 7.85. The fraction of sp³-hybridized carbons (Fsp3) is 0.263. The second-order valence-electron chi connectivity index (χ2n) is 6.20. The van der Waals surface area contributed by atoms with Gasteiger partial charge < -0.3 is 5.32 Å². The van der Waals surface area contributed by atoms with Gasteiger partial charge in [-0.1, -0.05) is 30.3 Å². The van der Waals surface area contributed by atoms with Gasteiger partial charge in [-0.25, -0.2) is 0 Å². The van der Waals surface area contributed by atoms with Crippen molar-refractivity contribution in [2.75, 3.05) is 5.32 Å². The minimum absolute atomic E-state index is 0.107. The zero-order valence-electron chi connectivity index (χ0n) is 13.4. The van der Waals surface area contributed by atoms with E-state index in [9.17, 15) is 22.8 Å². The number of anilines is 1. The Morgan fingerprint density at radius 2 is 1.80 bits per heavy atom. The van der Waals surface area contributed by atoms with Crippen LogP contribution in [0.3, 0.4) is 0 Å². The average Bonchev–Trinajstić information content (AvgIpc) is 3.35. The molecule has 0 bridgehead atoms. The van der Waals surface area contributed by atoms with E-state index in [4.69, 9.17) is 0 Å². The summed E-state index contributed by atoms with van der Waals surface area (Å²) in [6.07, 6.45) is -3.88. The van der Waals surface area contributed by atoms with Gasteiger partial charge in [0.25, 0.3) is 0 Å². The summed E-state index contributed by atoms with van der Waals surface area (Å²) in [5.41, 5.74) is 0.813. The van der Waals surface area contributed by atoms with Crippen LogP contribution in [-0.2, 0) is 11.0 Å². The number of carbonyl (C=O) groups excluding carboxylic acids is 2. The minimum atomic E-state index is -4.39. The first-order chi connectivity index (χ1) is 11.8. The molecule has 6 heteroatoms. The van der Waals surface area contributed by atoms with Crippen LogP contribution in [-0.4, -0.2) is 11.7 Å². The van der Waals surface area contributed by atoms with Crippen molar-refractivity contribution in [2.24, 2.45) is 5.92 Å². The average molecular weight is 347 g/mol. The number of carbonyl (C=O) groups is 2. The number of alkyl halides is 3. The molecule has 2 aromatic rings. The summed E-state index contributed by atoms with van der Waals surface area (Å²) in [7, 11) is 0. The van der Waals surface area contributed by atoms with Crippen molar-refractivity contribution < 1.29 is 22.8 Å². The molecule has 0 saturated heterocycles. The van der Waals surface area contributed by atoms with Crippen LogP contribution in [0.2, 0.25) is 0 Å². The molecule has 2 aromatic carbocycles. The molecule has 130 valence electrons. The molecule has 0 spiro atoms. The molecular formula is C19H16F3NO2. The molecule has 0 aromatic heterocycles. The highest BCUT2D eigenvalue weighted by Gasteiger charge is 2.44. The lowest BCUT2D eigenvalue weighted by molar-refractivity contribution is -0.137. The highest BCUT2D eigenvalue weighted by atomic mass is 19.4. The number of Topliss-reactive ketones (excluding diaryl/α,β-unsaturated/α-hetero) is 1. The van der Waals surface area contributed by atoms with Crippen molar-refractivity contribution in [3.8, 4) is 0 Å². The monoisotopic (exact) mass is 347 g/mol. The van der Waals surface area contributed by atoms with Gasteiger partial charge >= 0.3 is 6.18 Å². The second kappa shape index (κ2) is 6.35. The van der Waals surface area contributed by atoms with E-state index in [2.05, 4.69) is 5.32 Å². The summed E-state index contributed by atoms with van der Waals surface area (Å²) < 4.78 is 38.4. The number of amides is 1. The van der Waals surface area contributed by atoms with Gasteiger partial charge in [-0.3, -0.25) is 9.59 Å². The van der Waals surface area contributed by atoms with E-state index < -0.39 is 11.7 Å². The first-order valence-corrected chi connectivity index (χ1v) is 7.85. The Morgan fingerprint density at radius 1 is 1.08 bits per heavy atom. The van der Waals surface area contributed by atoms with Crippen LogP contribution in [0.25, 0.3) is 0 Å². The molecule has 2 atom stereocenters. The van der Waals surface area contributed by atoms with E-state index in [1.807, 2.05) is 0 Å². The Hall–Kier alpha value is -2.63. The number of ketones is 1. The predicted octanol–water partition coefficient (Wildman–Crippen LogP) is 4.65. The molecule has 0 radical (unpaired) electrons. The number of hydrogen-bond donors (Lipinski definition) is 1. The molecule has 3 nitrogen and oxygen atoms in total. The lowest BCUT2D eigenvalue weighted by Gasteiger charge is -2.09. The molecule has 1 aliphatic carbocycles. The van der Waals surface area contributed by atoms with Crippen LogP contribution in [0, 0.1) is 5.92 Å². The van der Waals surface area contributed by atoms with Gasteiger partial charge in [0, 0.05) is 17.2 Å². The molecule has 0 unspecified atom stereocenters. The summed E-state index contributed by atoms with van der Waals surface area (Å²) in [6.45, 7) is 1.44. The summed E-state index contributed by atoms with van der Waals surface area (Å²) in [6, 6.07) is 11.7. The number of nitrogens with one attached hydrogen (secondary N) is 1. The van der Waals surface area contributed by atoms with Crippen LogP contribution in [0.1, 0.15) is 40.7 Å². The Balaban J connectivity index is 1.68. The van der Waals surface area contributed by atoms with Crippen LogP contribution >= 0.6 is 0 Å². The van der Waals surface area contributed by atoms with E-state index in [0.717, 1.165) is 12.1 Å². The quantitative estimate of drug-likeness (QED) is 0.819. The lowest BCUT2D eigenvalue weighted by Crippen LogP contribution is -2.15. The Kier molecular flexibility index (Phi) is 4.37. The highest BCUT2D eigenvalue weighted by Crippen LogP contribution is 2.48. The van der Waals surface area contributed by atoms with Gasteiger partial charge in [0.2, 0.25) is 5.91 Å². The largest absolute Gasteiger partial charge is 0.416 e. The molecule has 0 heterocycles. The maximum atomic E-state index is 12.8. The summed E-state index contributed by atoms with van der Waals surface area (Å²) in [5.74, 6) is -0.921. The number of hydrogen-bond acceptors (Lipinski definition) is 2. The van der Waals surface area contributed by atoms with E-state index in [-0.39, 0.29) is 23.5 Å². The van der Waals surface area contributed by atoms with E-state index in [1.165, 1.54) is 13.0 Å². The summed E-state index contributed by atoms with van der Waals surface area (Å²) >= 11 is 0. The third-order valence-electron chi connectivity index (χ3n) is 4.31. The fourth-order valence-electron chi connectivity index (χ4n) is 2.85. The summed E-state index contributed by atoms with van der Waals surface area (Å²) in [4.78, 5) is 23.7. The molecule has 1 aliphatic rings. The van der Waals surface area contributed by atoms with Gasteiger partial charge in [-0.2, -0.15) is 13.2 Å². The normalized spacial score (nSPS) is 19.4. The lowest BCUT2D eigenvalue weighted by atomic mass is 10.1. The molecule has 1 fully saturated rings. The van der Waals surface area contributed by atoms with Crippen molar-refractivity contribution in [3.63, 3.8) is 0 Å². The van der Waals surface area contributed by atoms with Crippen molar-refractivity contribution in [2.45, 2.75) is 25.4 Å². The van der Waals surface area contributed by atoms with Gasteiger partial charge in [0.05, 0.1) is 5.56 Å². The molecule has 1 amide bonds. The van der Waals surface area contributed by atoms with Crippen molar-refractivity contribution in [3.05, 3.63) is 65.2 Å². The van der Waals surface area contributed by atoms with Gasteiger partial charge in [0.15, 0.2) is 5.78 Å². The first kappa shape index (κ1) is 17.2. The second-order valence-corrected chi connectivity index (χ2v) is 6.20. The molecular weight excluding hydrogens is 331 g/mol. The van der Waals surface area contributed by atoms with Crippen LogP contribution in [0.4, 0.5) is 18.9 Å². The molecule has 3 rings (SSSR count). The van der Waals surface area contributed by atoms with Crippen LogP contribution < -0.4 is 5.32 Å². The van der Waals surface area contributed by atoms with Gasteiger partial charge in [-0.05, 0) is 43.0 Å². The predicted molar refractivity (Wildman–Crippen MR) is 87.4 cm³/mol. The van der Waals surface area contributed by atoms with Crippen molar-refractivity contribution in [1.29, 1.82) is 0 Å². The molecule has 1 saturated carbocycles. The van der Waals surface area contributed by atoms with Gasteiger partial charge in [-0.15, -0.1) is 0 Å². The molecule has 1 N–H and O–H groups in total. The van der Waals surface area contributed by atoms with E-state index in [1.54, 1.807) is 30.3 Å². The zero-order chi connectivity index (χ0) is 18.2. The fourth-order valence-corrected chi connectivity index (χ4v) is 2.85. The smallest absolute Gasteiger partial charge is 0.326 e.